The molecule has 1 rings (SSSR count). The summed E-state index contributed by atoms with van der Waals surface area (Å²) in [4.78, 5) is 10.9. The van der Waals surface area contributed by atoms with Gasteiger partial charge in [-0.15, -0.1) is 0 Å². The SMILES string of the molecule is CNC(=O)NCc1ccccc1C. The Balaban J connectivity index is 2.54. The first-order valence-corrected chi connectivity index (χ1v) is 4.24. The minimum absolute atomic E-state index is 0.150. The van der Waals surface area contributed by atoms with Crippen LogP contribution in [0.4, 0.5) is 4.79 Å². The van der Waals surface area contributed by atoms with Crippen LogP contribution in [0.15, 0.2) is 24.3 Å². The van der Waals surface area contributed by atoms with E-state index in [1.165, 1.54) is 5.56 Å². The lowest BCUT2D eigenvalue weighted by molar-refractivity contribution is 0.242. The average molecular weight is 178 g/mol. The predicted molar refractivity (Wildman–Crippen MR) is 52.5 cm³/mol. The van der Waals surface area contributed by atoms with Gasteiger partial charge in [0.05, 0.1) is 0 Å². The maximum Gasteiger partial charge on any atom is 0.314 e. The molecule has 3 heteroatoms. The Morgan fingerprint density at radius 2 is 2.08 bits per heavy atom. The Labute approximate surface area is 78.2 Å². The summed E-state index contributed by atoms with van der Waals surface area (Å²) >= 11 is 0. The summed E-state index contributed by atoms with van der Waals surface area (Å²) in [5, 5.41) is 5.24. The summed E-state index contributed by atoms with van der Waals surface area (Å²) in [5.41, 5.74) is 2.34. The molecule has 0 aromatic heterocycles. The zero-order valence-corrected chi connectivity index (χ0v) is 7.92. The van der Waals surface area contributed by atoms with Crippen molar-refractivity contribution in [2.45, 2.75) is 13.5 Å². The normalized spacial score (nSPS) is 9.38. The van der Waals surface area contributed by atoms with E-state index in [0.29, 0.717) is 6.54 Å². The van der Waals surface area contributed by atoms with Crippen LogP contribution in [0.5, 0.6) is 0 Å². The van der Waals surface area contributed by atoms with E-state index in [1.54, 1.807) is 7.05 Å². The first-order valence-electron chi connectivity index (χ1n) is 4.24. The van der Waals surface area contributed by atoms with E-state index < -0.39 is 0 Å². The summed E-state index contributed by atoms with van der Waals surface area (Å²) in [5.74, 6) is 0. The molecule has 0 aliphatic carbocycles. The third-order valence-electron chi connectivity index (χ3n) is 1.93. The molecule has 1 aromatic rings. The number of nitrogens with one attached hydrogen (secondary N) is 2. The molecule has 0 spiro atoms. The van der Waals surface area contributed by atoms with E-state index in [2.05, 4.69) is 10.6 Å². The smallest absolute Gasteiger partial charge is 0.314 e. The van der Waals surface area contributed by atoms with Gasteiger partial charge in [0.15, 0.2) is 0 Å². The van der Waals surface area contributed by atoms with Crippen molar-refractivity contribution in [3.05, 3.63) is 35.4 Å². The van der Waals surface area contributed by atoms with E-state index in [1.807, 2.05) is 31.2 Å². The van der Waals surface area contributed by atoms with Crippen molar-refractivity contribution in [2.24, 2.45) is 0 Å². The Morgan fingerprint density at radius 1 is 1.38 bits per heavy atom. The Bertz CT molecular complexity index is 297. The zero-order valence-electron chi connectivity index (χ0n) is 7.92. The minimum Gasteiger partial charge on any atom is -0.341 e. The maximum atomic E-state index is 10.9. The van der Waals surface area contributed by atoms with Gasteiger partial charge in [-0.2, -0.15) is 0 Å². The van der Waals surface area contributed by atoms with Crippen LogP contribution in [-0.4, -0.2) is 13.1 Å². The van der Waals surface area contributed by atoms with E-state index in [9.17, 15) is 4.79 Å². The maximum absolute atomic E-state index is 10.9. The third-order valence-corrected chi connectivity index (χ3v) is 1.93. The number of benzene rings is 1. The van der Waals surface area contributed by atoms with Gasteiger partial charge in [-0.1, -0.05) is 24.3 Å². The molecule has 70 valence electrons. The lowest BCUT2D eigenvalue weighted by Gasteiger charge is -2.06. The molecule has 0 bridgehead atoms. The number of aryl methyl sites for hydroxylation is 1. The summed E-state index contributed by atoms with van der Waals surface area (Å²) in [6.07, 6.45) is 0. The number of hydrogen-bond acceptors (Lipinski definition) is 1. The number of carbonyl (C=O) groups excluding carboxylic acids is 1. The summed E-state index contributed by atoms with van der Waals surface area (Å²) in [6.45, 7) is 2.60. The van der Waals surface area contributed by atoms with Crippen LogP contribution in [0, 0.1) is 6.92 Å². The predicted octanol–water partition coefficient (Wildman–Crippen LogP) is 1.42. The van der Waals surface area contributed by atoms with Gasteiger partial charge in [0, 0.05) is 13.6 Å². The highest BCUT2D eigenvalue weighted by molar-refractivity contribution is 5.73. The van der Waals surface area contributed by atoms with Crippen molar-refractivity contribution >= 4 is 6.03 Å². The summed E-state index contributed by atoms with van der Waals surface area (Å²) < 4.78 is 0. The topological polar surface area (TPSA) is 41.1 Å². The quantitative estimate of drug-likeness (QED) is 0.706. The molecule has 0 fully saturated rings. The first kappa shape index (κ1) is 9.58. The Morgan fingerprint density at radius 3 is 2.69 bits per heavy atom. The molecule has 0 radical (unpaired) electrons. The van der Waals surface area contributed by atoms with Gasteiger partial charge in [0.2, 0.25) is 0 Å². The van der Waals surface area contributed by atoms with Gasteiger partial charge in [-0.05, 0) is 18.1 Å². The molecule has 1 aromatic carbocycles. The van der Waals surface area contributed by atoms with E-state index >= 15 is 0 Å². The fourth-order valence-corrected chi connectivity index (χ4v) is 1.07. The van der Waals surface area contributed by atoms with Gasteiger partial charge in [-0.25, -0.2) is 4.79 Å². The second-order valence-electron chi connectivity index (χ2n) is 2.86. The summed E-state index contributed by atoms with van der Waals surface area (Å²) in [6, 6.07) is 7.84. The molecule has 0 saturated carbocycles. The van der Waals surface area contributed by atoms with E-state index in [4.69, 9.17) is 0 Å². The van der Waals surface area contributed by atoms with Gasteiger partial charge in [0.25, 0.3) is 0 Å². The molecule has 0 heterocycles. The molecule has 2 amide bonds. The highest BCUT2D eigenvalue weighted by Gasteiger charge is 1.98. The number of rotatable bonds is 2. The largest absolute Gasteiger partial charge is 0.341 e. The molecule has 3 nitrogen and oxygen atoms in total. The molecular formula is C10H14N2O. The van der Waals surface area contributed by atoms with Crippen molar-refractivity contribution in [1.82, 2.24) is 10.6 Å². The molecule has 0 atom stereocenters. The van der Waals surface area contributed by atoms with Crippen LogP contribution in [0.2, 0.25) is 0 Å². The van der Waals surface area contributed by atoms with Crippen molar-refractivity contribution in [2.75, 3.05) is 7.05 Å². The van der Waals surface area contributed by atoms with Crippen LogP contribution < -0.4 is 10.6 Å². The number of hydrogen-bond donors (Lipinski definition) is 2. The van der Waals surface area contributed by atoms with E-state index in [-0.39, 0.29) is 6.03 Å². The van der Waals surface area contributed by atoms with E-state index in [0.717, 1.165) is 5.56 Å². The van der Waals surface area contributed by atoms with Crippen LogP contribution in [0.1, 0.15) is 11.1 Å². The minimum atomic E-state index is -0.150. The second-order valence-corrected chi connectivity index (χ2v) is 2.86. The Kier molecular flexibility index (Phi) is 3.31. The number of amides is 2. The van der Waals surface area contributed by atoms with Crippen LogP contribution >= 0.6 is 0 Å². The monoisotopic (exact) mass is 178 g/mol. The molecule has 0 aliphatic heterocycles. The highest BCUT2D eigenvalue weighted by atomic mass is 16.2. The van der Waals surface area contributed by atoms with Gasteiger partial charge in [0.1, 0.15) is 0 Å². The van der Waals surface area contributed by atoms with Gasteiger partial charge < -0.3 is 10.6 Å². The van der Waals surface area contributed by atoms with Crippen molar-refractivity contribution in [3.63, 3.8) is 0 Å². The van der Waals surface area contributed by atoms with Crippen LogP contribution in [0.3, 0.4) is 0 Å². The van der Waals surface area contributed by atoms with Gasteiger partial charge >= 0.3 is 6.03 Å². The third kappa shape index (κ3) is 2.78. The molecule has 2 N–H and O–H groups in total. The van der Waals surface area contributed by atoms with Crippen molar-refractivity contribution in [1.29, 1.82) is 0 Å². The lowest BCUT2D eigenvalue weighted by atomic mass is 10.1. The highest BCUT2D eigenvalue weighted by Crippen LogP contribution is 2.05. The summed E-state index contributed by atoms with van der Waals surface area (Å²) in [7, 11) is 1.60. The molecule has 0 saturated heterocycles. The fourth-order valence-electron chi connectivity index (χ4n) is 1.07. The number of carbonyl (C=O) groups is 1. The van der Waals surface area contributed by atoms with Crippen LogP contribution in [-0.2, 0) is 6.54 Å². The standard InChI is InChI=1S/C10H14N2O/c1-8-5-3-4-6-9(8)7-12-10(13)11-2/h3-6H,7H2,1-2H3,(H2,11,12,13). The fraction of sp³-hybridized carbons (Fsp3) is 0.300. The van der Waals surface area contributed by atoms with Gasteiger partial charge in [-0.3, -0.25) is 0 Å². The lowest BCUT2D eigenvalue weighted by Crippen LogP contribution is -2.32. The molecular weight excluding hydrogens is 164 g/mol. The Hall–Kier alpha value is -1.51. The molecule has 0 unspecified atom stereocenters. The zero-order chi connectivity index (χ0) is 9.68. The first-order chi connectivity index (χ1) is 6.24. The average Bonchev–Trinajstić information content (AvgIpc) is 2.16. The second kappa shape index (κ2) is 4.50. The van der Waals surface area contributed by atoms with Crippen LogP contribution in [0.25, 0.3) is 0 Å². The van der Waals surface area contributed by atoms with Crippen molar-refractivity contribution < 1.29 is 4.79 Å². The molecule has 13 heavy (non-hydrogen) atoms. The molecule has 0 aliphatic rings. The van der Waals surface area contributed by atoms with Crippen molar-refractivity contribution in [3.8, 4) is 0 Å². The number of urea groups is 1.